The molecule has 0 spiro atoms. The third-order valence-electron chi connectivity index (χ3n) is 4.25. The van der Waals surface area contributed by atoms with Gasteiger partial charge in [0.05, 0.1) is 15.5 Å². The quantitative estimate of drug-likeness (QED) is 0.639. The van der Waals surface area contributed by atoms with Gasteiger partial charge in [0.15, 0.2) is 6.61 Å². The molecule has 0 bridgehead atoms. The Labute approximate surface area is 175 Å². The first-order valence-corrected chi connectivity index (χ1v) is 10.6. The Morgan fingerprint density at radius 1 is 1.14 bits per heavy atom. The van der Waals surface area contributed by atoms with Crippen molar-refractivity contribution in [2.45, 2.75) is 18.2 Å². The number of sulfonamides is 1. The maximum absolute atomic E-state index is 12.3. The molecule has 0 fully saturated rings. The standard InChI is InChI=1S/C20H23ClN2O5S/c1-14-6-4-5-7-15(14)10-11-22-19(24)13-28-20(25)17-12-16(8-9-18(17)21)29(26,27)23(2)3/h4-9,12H,10-11,13H2,1-3H3,(H,22,24). The molecule has 9 heteroatoms. The van der Waals surface area contributed by atoms with Gasteiger partial charge < -0.3 is 10.1 Å². The van der Waals surface area contributed by atoms with Gasteiger partial charge in [-0.3, -0.25) is 4.79 Å². The normalized spacial score (nSPS) is 11.3. The average molecular weight is 439 g/mol. The van der Waals surface area contributed by atoms with Crippen molar-refractivity contribution in [1.29, 1.82) is 0 Å². The van der Waals surface area contributed by atoms with Crippen LogP contribution in [-0.4, -0.2) is 51.8 Å². The Balaban J connectivity index is 1.93. The minimum Gasteiger partial charge on any atom is -0.452 e. The third-order valence-corrected chi connectivity index (χ3v) is 6.39. The minimum atomic E-state index is -3.74. The van der Waals surface area contributed by atoms with Crippen LogP contribution in [0.15, 0.2) is 47.4 Å². The summed E-state index contributed by atoms with van der Waals surface area (Å²) in [7, 11) is -0.979. The van der Waals surface area contributed by atoms with E-state index >= 15 is 0 Å². The molecule has 2 rings (SSSR count). The second-order valence-electron chi connectivity index (χ2n) is 6.53. The van der Waals surface area contributed by atoms with Gasteiger partial charge in [-0.2, -0.15) is 0 Å². The minimum absolute atomic E-state index is 0.0349. The summed E-state index contributed by atoms with van der Waals surface area (Å²) >= 11 is 5.99. The highest BCUT2D eigenvalue weighted by Crippen LogP contribution is 2.22. The Morgan fingerprint density at radius 3 is 2.48 bits per heavy atom. The summed E-state index contributed by atoms with van der Waals surface area (Å²) in [5, 5.41) is 2.71. The third kappa shape index (κ3) is 6.03. The SMILES string of the molecule is Cc1ccccc1CCNC(=O)COC(=O)c1cc(S(=O)(=O)N(C)C)ccc1Cl. The van der Waals surface area contributed by atoms with Gasteiger partial charge in [-0.1, -0.05) is 35.9 Å². The smallest absolute Gasteiger partial charge is 0.340 e. The number of nitrogens with zero attached hydrogens (tertiary/aromatic N) is 1. The molecule has 1 N–H and O–H groups in total. The van der Waals surface area contributed by atoms with Gasteiger partial charge in [-0.05, 0) is 42.7 Å². The Hall–Kier alpha value is -2.42. The first-order chi connectivity index (χ1) is 13.6. The van der Waals surface area contributed by atoms with E-state index in [0.29, 0.717) is 13.0 Å². The van der Waals surface area contributed by atoms with E-state index in [1.54, 1.807) is 0 Å². The molecule has 7 nitrogen and oxygen atoms in total. The molecule has 2 aromatic rings. The monoisotopic (exact) mass is 438 g/mol. The number of amides is 1. The number of carbonyl (C=O) groups excluding carboxylic acids is 2. The number of carbonyl (C=O) groups is 2. The van der Waals surface area contributed by atoms with Crippen LogP contribution < -0.4 is 5.32 Å². The molecule has 0 saturated heterocycles. The molecule has 0 aliphatic rings. The summed E-state index contributed by atoms with van der Waals surface area (Å²) in [6.07, 6.45) is 0.655. The summed E-state index contributed by atoms with van der Waals surface area (Å²) < 4.78 is 30.4. The summed E-state index contributed by atoms with van der Waals surface area (Å²) in [5.41, 5.74) is 2.13. The highest BCUT2D eigenvalue weighted by atomic mass is 35.5. The van der Waals surface area contributed by atoms with E-state index in [2.05, 4.69) is 5.32 Å². The molecule has 1 amide bonds. The fourth-order valence-electron chi connectivity index (χ4n) is 2.52. The number of hydrogen-bond acceptors (Lipinski definition) is 5. The second kappa shape index (κ2) is 9.87. The van der Waals surface area contributed by atoms with Crippen LogP contribution in [0.2, 0.25) is 5.02 Å². The Kier molecular flexibility index (Phi) is 7.78. The summed E-state index contributed by atoms with van der Waals surface area (Å²) in [6, 6.07) is 11.6. The van der Waals surface area contributed by atoms with Crippen molar-refractivity contribution < 1.29 is 22.7 Å². The van der Waals surface area contributed by atoms with E-state index in [-0.39, 0.29) is 15.5 Å². The number of nitrogens with one attached hydrogen (secondary N) is 1. The molecule has 2 aromatic carbocycles. The van der Waals surface area contributed by atoms with E-state index in [1.807, 2.05) is 31.2 Å². The molecule has 0 radical (unpaired) electrons. The van der Waals surface area contributed by atoms with Crippen molar-refractivity contribution in [2.24, 2.45) is 0 Å². The van der Waals surface area contributed by atoms with E-state index in [9.17, 15) is 18.0 Å². The van der Waals surface area contributed by atoms with Crippen LogP contribution in [0, 0.1) is 6.92 Å². The molecule has 156 valence electrons. The molecular formula is C20H23ClN2O5S. The zero-order chi connectivity index (χ0) is 21.6. The van der Waals surface area contributed by atoms with Crippen molar-refractivity contribution in [3.63, 3.8) is 0 Å². The zero-order valence-electron chi connectivity index (χ0n) is 16.4. The summed E-state index contributed by atoms with van der Waals surface area (Å²) in [6.45, 7) is 1.90. The lowest BCUT2D eigenvalue weighted by atomic mass is 10.1. The highest BCUT2D eigenvalue weighted by Gasteiger charge is 2.21. The van der Waals surface area contributed by atoms with Crippen molar-refractivity contribution >= 4 is 33.5 Å². The lowest BCUT2D eigenvalue weighted by molar-refractivity contribution is -0.124. The van der Waals surface area contributed by atoms with Crippen LogP contribution in [-0.2, 0) is 26.0 Å². The van der Waals surface area contributed by atoms with Crippen LogP contribution in [0.25, 0.3) is 0 Å². The average Bonchev–Trinajstić information content (AvgIpc) is 2.67. The molecular weight excluding hydrogens is 416 g/mol. The van der Waals surface area contributed by atoms with Crippen LogP contribution in [0.3, 0.4) is 0 Å². The largest absolute Gasteiger partial charge is 0.452 e. The van der Waals surface area contributed by atoms with Crippen LogP contribution in [0.5, 0.6) is 0 Å². The summed E-state index contributed by atoms with van der Waals surface area (Å²) in [5.74, 6) is -1.33. The number of hydrogen-bond donors (Lipinski definition) is 1. The maximum atomic E-state index is 12.3. The number of benzene rings is 2. The molecule has 0 aliphatic carbocycles. The van der Waals surface area contributed by atoms with E-state index in [0.717, 1.165) is 21.5 Å². The first kappa shape index (κ1) is 22.9. The summed E-state index contributed by atoms with van der Waals surface area (Å²) in [4.78, 5) is 24.1. The van der Waals surface area contributed by atoms with Crippen LogP contribution >= 0.6 is 11.6 Å². The Bertz CT molecular complexity index is 1010. The number of esters is 1. The van der Waals surface area contributed by atoms with Crippen molar-refractivity contribution in [2.75, 3.05) is 27.2 Å². The lowest BCUT2D eigenvalue weighted by Gasteiger charge is -2.13. The zero-order valence-corrected chi connectivity index (χ0v) is 18.0. The highest BCUT2D eigenvalue weighted by molar-refractivity contribution is 7.89. The van der Waals surface area contributed by atoms with Gasteiger partial charge in [0.2, 0.25) is 10.0 Å². The van der Waals surface area contributed by atoms with Crippen molar-refractivity contribution in [1.82, 2.24) is 9.62 Å². The molecule has 0 aliphatic heterocycles. The fraction of sp³-hybridized carbons (Fsp3) is 0.300. The predicted molar refractivity (Wildman–Crippen MR) is 111 cm³/mol. The molecule has 0 heterocycles. The number of rotatable bonds is 8. The molecule has 0 saturated carbocycles. The van der Waals surface area contributed by atoms with Gasteiger partial charge in [0.25, 0.3) is 5.91 Å². The topological polar surface area (TPSA) is 92.8 Å². The number of halogens is 1. The van der Waals surface area contributed by atoms with E-state index in [1.165, 1.54) is 26.2 Å². The molecule has 0 atom stereocenters. The molecule has 0 aromatic heterocycles. The maximum Gasteiger partial charge on any atom is 0.340 e. The number of ether oxygens (including phenoxy) is 1. The van der Waals surface area contributed by atoms with Crippen molar-refractivity contribution in [3.8, 4) is 0 Å². The van der Waals surface area contributed by atoms with Crippen LogP contribution in [0.1, 0.15) is 21.5 Å². The van der Waals surface area contributed by atoms with Gasteiger partial charge in [-0.25, -0.2) is 17.5 Å². The van der Waals surface area contributed by atoms with Crippen molar-refractivity contribution in [3.05, 3.63) is 64.2 Å². The van der Waals surface area contributed by atoms with Gasteiger partial charge in [0.1, 0.15) is 0 Å². The van der Waals surface area contributed by atoms with Gasteiger partial charge >= 0.3 is 5.97 Å². The van der Waals surface area contributed by atoms with Crippen LogP contribution in [0.4, 0.5) is 0 Å². The first-order valence-electron chi connectivity index (χ1n) is 8.83. The van der Waals surface area contributed by atoms with Gasteiger partial charge in [0, 0.05) is 20.6 Å². The van der Waals surface area contributed by atoms with Gasteiger partial charge in [-0.15, -0.1) is 0 Å². The predicted octanol–water partition coefficient (Wildman–Crippen LogP) is 2.41. The lowest BCUT2D eigenvalue weighted by Crippen LogP contribution is -2.30. The molecule has 0 unspecified atom stereocenters. The second-order valence-corrected chi connectivity index (χ2v) is 9.09. The van der Waals surface area contributed by atoms with E-state index < -0.39 is 28.5 Å². The molecule has 29 heavy (non-hydrogen) atoms. The van der Waals surface area contributed by atoms with E-state index in [4.69, 9.17) is 16.3 Å². The number of aryl methyl sites for hydroxylation is 1. The Morgan fingerprint density at radius 2 is 1.83 bits per heavy atom. The fourth-order valence-corrected chi connectivity index (χ4v) is 3.64.